The standard InChI is InChI=1S/C16H31N5/c1-6-9-17-15-13(4)16(20-14(5)19-15)18-10-12-21(8-3)11-7-2/h6-12H2,1-5H3,(H2,17,18,19,20). The van der Waals surface area contributed by atoms with Crippen molar-refractivity contribution in [3.05, 3.63) is 11.4 Å². The quantitative estimate of drug-likeness (QED) is 0.694. The number of anilines is 2. The summed E-state index contributed by atoms with van der Waals surface area (Å²) in [5.74, 6) is 2.71. The summed E-state index contributed by atoms with van der Waals surface area (Å²) in [6.45, 7) is 15.8. The first kappa shape index (κ1) is 17.7. The van der Waals surface area contributed by atoms with Crippen LogP contribution in [0, 0.1) is 13.8 Å². The fraction of sp³-hybridized carbons (Fsp3) is 0.750. The Labute approximate surface area is 129 Å². The van der Waals surface area contributed by atoms with Crippen LogP contribution in [0.15, 0.2) is 0 Å². The molecular weight excluding hydrogens is 262 g/mol. The third-order valence-corrected chi connectivity index (χ3v) is 3.51. The van der Waals surface area contributed by atoms with E-state index in [-0.39, 0.29) is 0 Å². The maximum Gasteiger partial charge on any atom is 0.134 e. The molecule has 0 saturated heterocycles. The number of nitrogens with one attached hydrogen (secondary N) is 2. The summed E-state index contributed by atoms with van der Waals surface area (Å²) in [5.41, 5.74) is 1.10. The van der Waals surface area contributed by atoms with Gasteiger partial charge in [-0.15, -0.1) is 0 Å². The Bertz CT molecular complexity index is 419. The van der Waals surface area contributed by atoms with Gasteiger partial charge >= 0.3 is 0 Å². The molecule has 2 N–H and O–H groups in total. The summed E-state index contributed by atoms with van der Waals surface area (Å²) >= 11 is 0. The smallest absolute Gasteiger partial charge is 0.134 e. The van der Waals surface area contributed by atoms with E-state index in [2.05, 4.69) is 53.2 Å². The van der Waals surface area contributed by atoms with Crippen molar-refractivity contribution < 1.29 is 0 Å². The number of hydrogen-bond donors (Lipinski definition) is 2. The minimum Gasteiger partial charge on any atom is -0.370 e. The Morgan fingerprint density at radius 2 is 1.48 bits per heavy atom. The Morgan fingerprint density at radius 3 is 2.00 bits per heavy atom. The van der Waals surface area contributed by atoms with Gasteiger partial charge in [-0.05, 0) is 39.8 Å². The van der Waals surface area contributed by atoms with Gasteiger partial charge in [-0.2, -0.15) is 0 Å². The monoisotopic (exact) mass is 293 g/mol. The Morgan fingerprint density at radius 1 is 0.857 bits per heavy atom. The lowest BCUT2D eigenvalue weighted by Gasteiger charge is -2.20. The minimum absolute atomic E-state index is 0.808. The van der Waals surface area contributed by atoms with Crippen LogP contribution in [-0.4, -0.2) is 47.6 Å². The molecule has 21 heavy (non-hydrogen) atoms. The van der Waals surface area contributed by atoms with E-state index in [0.717, 1.165) is 62.2 Å². The van der Waals surface area contributed by atoms with Gasteiger partial charge in [0.2, 0.25) is 0 Å². The highest BCUT2D eigenvalue weighted by molar-refractivity contribution is 5.57. The van der Waals surface area contributed by atoms with Crippen LogP contribution in [0.4, 0.5) is 11.6 Å². The molecule has 0 amide bonds. The van der Waals surface area contributed by atoms with Gasteiger partial charge < -0.3 is 15.5 Å². The normalized spacial score (nSPS) is 11.0. The molecule has 1 aromatic heterocycles. The molecule has 0 bridgehead atoms. The van der Waals surface area contributed by atoms with E-state index in [4.69, 9.17) is 0 Å². The summed E-state index contributed by atoms with van der Waals surface area (Å²) in [4.78, 5) is 11.5. The van der Waals surface area contributed by atoms with Crippen molar-refractivity contribution in [3.8, 4) is 0 Å². The molecule has 1 rings (SSSR count). The molecule has 0 aliphatic rings. The summed E-state index contributed by atoms with van der Waals surface area (Å²) in [7, 11) is 0. The molecule has 0 spiro atoms. The van der Waals surface area contributed by atoms with Crippen LogP contribution in [-0.2, 0) is 0 Å². The molecule has 120 valence electrons. The molecule has 0 fully saturated rings. The molecule has 5 nitrogen and oxygen atoms in total. The number of nitrogens with zero attached hydrogens (tertiary/aromatic N) is 3. The SMILES string of the molecule is CCCNc1nc(C)nc(NCCN(CC)CCC)c1C. The van der Waals surface area contributed by atoms with Gasteiger partial charge in [0.15, 0.2) is 0 Å². The second-order valence-electron chi connectivity index (χ2n) is 5.38. The highest BCUT2D eigenvalue weighted by atomic mass is 15.1. The maximum atomic E-state index is 4.53. The predicted molar refractivity (Wildman–Crippen MR) is 91.2 cm³/mol. The number of aromatic nitrogens is 2. The van der Waals surface area contributed by atoms with Gasteiger partial charge in [0.05, 0.1) is 0 Å². The lowest BCUT2D eigenvalue weighted by Crippen LogP contribution is -2.30. The second-order valence-corrected chi connectivity index (χ2v) is 5.38. The van der Waals surface area contributed by atoms with Crippen molar-refractivity contribution in [3.63, 3.8) is 0 Å². The molecule has 0 saturated carbocycles. The topological polar surface area (TPSA) is 53.1 Å². The zero-order valence-electron chi connectivity index (χ0n) is 14.3. The van der Waals surface area contributed by atoms with Crippen molar-refractivity contribution in [1.82, 2.24) is 14.9 Å². The first-order valence-corrected chi connectivity index (χ1v) is 8.17. The zero-order valence-corrected chi connectivity index (χ0v) is 14.3. The third kappa shape index (κ3) is 5.87. The lowest BCUT2D eigenvalue weighted by atomic mass is 10.3. The van der Waals surface area contributed by atoms with E-state index in [0.29, 0.717) is 0 Å². The largest absolute Gasteiger partial charge is 0.370 e. The van der Waals surface area contributed by atoms with E-state index < -0.39 is 0 Å². The molecule has 1 heterocycles. The summed E-state index contributed by atoms with van der Waals surface area (Å²) in [5, 5.41) is 6.83. The Kier molecular flexibility index (Phi) is 8.05. The highest BCUT2D eigenvalue weighted by Gasteiger charge is 2.09. The molecule has 0 radical (unpaired) electrons. The lowest BCUT2D eigenvalue weighted by molar-refractivity contribution is 0.300. The van der Waals surface area contributed by atoms with Crippen molar-refractivity contribution >= 4 is 11.6 Å². The van der Waals surface area contributed by atoms with Crippen molar-refractivity contribution in [1.29, 1.82) is 0 Å². The molecular formula is C16H31N5. The fourth-order valence-electron chi connectivity index (χ4n) is 2.29. The van der Waals surface area contributed by atoms with Gasteiger partial charge in [0, 0.05) is 25.2 Å². The molecule has 0 aliphatic heterocycles. The number of hydrogen-bond acceptors (Lipinski definition) is 5. The van der Waals surface area contributed by atoms with Crippen molar-refractivity contribution in [2.24, 2.45) is 0 Å². The van der Waals surface area contributed by atoms with Gasteiger partial charge in [0.1, 0.15) is 17.5 Å². The Balaban J connectivity index is 2.63. The number of rotatable bonds is 10. The highest BCUT2D eigenvalue weighted by Crippen LogP contribution is 2.19. The van der Waals surface area contributed by atoms with Crippen LogP contribution >= 0.6 is 0 Å². The average Bonchev–Trinajstić information content (AvgIpc) is 2.47. The van der Waals surface area contributed by atoms with Gasteiger partial charge in [-0.25, -0.2) is 9.97 Å². The number of aryl methyl sites for hydroxylation is 1. The average molecular weight is 293 g/mol. The summed E-state index contributed by atoms with van der Waals surface area (Å²) in [6, 6.07) is 0. The summed E-state index contributed by atoms with van der Waals surface area (Å²) < 4.78 is 0. The van der Waals surface area contributed by atoms with Crippen LogP contribution < -0.4 is 10.6 Å². The van der Waals surface area contributed by atoms with E-state index >= 15 is 0 Å². The van der Waals surface area contributed by atoms with Crippen LogP contribution in [0.5, 0.6) is 0 Å². The minimum atomic E-state index is 0.808. The zero-order chi connectivity index (χ0) is 15.7. The molecule has 0 aromatic carbocycles. The second kappa shape index (κ2) is 9.55. The van der Waals surface area contributed by atoms with Gasteiger partial charge in [-0.1, -0.05) is 20.8 Å². The molecule has 5 heteroatoms. The molecule has 0 aliphatic carbocycles. The van der Waals surface area contributed by atoms with Crippen LogP contribution in [0.3, 0.4) is 0 Å². The van der Waals surface area contributed by atoms with E-state index in [1.54, 1.807) is 0 Å². The van der Waals surface area contributed by atoms with Crippen molar-refractivity contribution in [2.75, 3.05) is 43.4 Å². The summed E-state index contributed by atoms with van der Waals surface area (Å²) in [6.07, 6.45) is 2.29. The molecule has 1 aromatic rings. The molecule has 0 unspecified atom stereocenters. The fourth-order valence-corrected chi connectivity index (χ4v) is 2.29. The van der Waals surface area contributed by atoms with Crippen LogP contribution in [0.25, 0.3) is 0 Å². The van der Waals surface area contributed by atoms with E-state index in [1.165, 1.54) is 6.42 Å². The van der Waals surface area contributed by atoms with Crippen LogP contribution in [0.2, 0.25) is 0 Å². The Hall–Kier alpha value is -1.36. The first-order valence-electron chi connectivity index (χ1n) is 8.17. The van der Waals surface area contributed by atoms with Gasteiger partial charge in [-0.3, -0.25) is 0 Å². The number of likely N-dealkylation sites (N-methyl/N-ethyl adjacent to an activating group) is 1. The maximum absolute atomic E-state index is 4.53. The van der Waals surface area contributed by atoms with Gasteiger partial charge in [0.25, 0.3) is 0 Å². The van der Waals surface area contributed by atoms with E-state index in [9.17, 15) is 0 Å². The molecule has 0 atom stereocenters. The van der Waals surface area contributed by atoms with Crippen molar-refractivity contribution in [2.45, 2.75) is 47.5 Å². The third-order valence-electron chi connectivity index (χ3n) is 3.51. The van der Waals surface area contributed by atoms with Crippen LogP contribution in [0.1, 0.15) is 45.0 Å². The first-order chi connectivity index (χ1) is 10.1. The predicted octanol–water partition coefficient (Wildman–Crippen LogP) is 3.06. The van der Waals surface area contributed by atoms with E-state index in [1.807, 2.05) is 6.92 Å².